The van der Waals surface area contributed by atoms with Gasteiger partial charge in [-0.15, -0.1) is 11.3 Å². The van der Waals surface area contributed by atoms with Gasteiger partial charge in [-0.2, -0.15) is 0 Å². The van der Waals surface area contributed by atoms with Gasteiger partial charge in [-0.25, -0.2) is 0 Å². The van der Waals surface area contributed by atoms with E-state index in [0.717, 1.165) is 22.2 Å². The number of benzene rings is 2. The van der Waals surface area contributed by atoms with Gasteiger partial charge in [0.2, 0.25) is 11.6 Å². The Morgan fingerprint density at radius 2 is 2.08 bits per heavy atom. The predicted molar refractivity (Wildman–Crippen MR) is 105 cm³/mol. The summed E-state index contributed by atoms with van der Waals surface area (Å²) >= 11 is 1.63. The number of amides is 1. The summed E-state index contributed by atoms with van der Waals surface area (Å²) in [5, 5.41) is 10.5. The fraction of sp³-hybridized carbons (Fsp3) is 0.200. The van der Waals surface area contributed by atoms with E-state index in [1.165, 1.54) is 4.70 Å². The molecule has 1 atom stereocenters. The van der Waals surface area contributed by atoms with E-state index < -0.39 is 0 Å². The Morgan fingerprint density at radius 3 is 2.85 bits per heavy atom. The third-order valence-electron chi connectivity index (χ3n) is 4.60. The molecule has 1 aromatic heterocycles. The van der Waals surface area contributed by atoms with Crippen LogP contribution in [-0.4, -0.2) is 24.8 Å². The normalized spacial score (nSPS) is 16.7. The van der Waals surface area contributed by atoms with Gasteiger partial charge in [-0.05, 0) is 42.1 Å². The molecule has 5 nitrogen and oxygen atoms in total. The summed E-state index contributed by atoms with van der Waals surface area (Å²) in [7, 11) is 0. The highest BCUT2D eigenvalue weighted by molar-refractivity contribution is 7.21. The van der Waals surface area contributed by atoms with Gasteiger partial charge in [0.1, 0.15) is 0 Å². The van der Waals surface area contributed by atoms with Crippen LogP contribution in [-0.2, 0) is 9.53 Å². The lowest BCUT2D eigenvalue weighted by Gasteiger charge is -2.11. The van der Waals surface area contributed by atoms with Crippen molar-refractivity contribution in [2.24, 2.45) is 5.92 Å². The van der Waals surface area contributed by atoms with Crippen LogP contribution < -0.4 is 16.5 Å². The minimum Gasteiger partial charge on any atom is -0.398 e. The van der Waals surface area contributed by atoms with Crippen LogP contribution in [0.2, 0.25) is 0 Å². The Balaban J connectivity index is 1.60. The number of carbonyl (C=O) groups is 1. The van der Waals surface area contributed by atoms with Crippen molar-refractivity contribution >= 4 is 44.4 Å². The van der Waals surface area contributed by atoms with Gasteiger partial charge in [-0.1, -0.05) is 18.2 Å². The first-order valence-corrected chi connectivity index (χ1v) is 9.33. The molecule has 2 heterocycles. The molecule has 0 radical (unpaired) electrons. The molecule has 1 amide bonds. The summed E-state index contributed by atoms with van der Waals surface area (Å²) in [6.07, 6.45) is 0.754. The zero-order chi connectivity index (χ0) is 18.1. The van der Waals surface area contributed by atoms with E-state index in [9.17, 15) is 4.79 Å². The molecule has 1 fully saturated rings. The lowest BCUT2D eigenvalue weighted by Crippen LogP contribution is -2.41. The van der Waals surface area contributed by atoms with Gasteiger partial charge in [0.15, 0.2) is 0 Å². The van der Waals surface area contributed by atoms with Crippen LogP contribution in [0.1, 0.15) is 16.9 Å². The number of nitrogens with one attached hydrogen (secondary N) is 1. The van der Waals surface area contributed by atoms with Crippen LogP contribution in [0.15, 0.2) is 48.5 Å². The molecule has 132 valence electrons. The summed E-state index contributed by atoms with van der Waals surface area (Å²) < 4.78 is 6.46. The number of fused-ring (bicyclic) bond motifs is 1. The maximum atomic E-state index is 12.3. The van der Waals surface area contributed by atoms with Gasteiger partial charge in [-0.3, -0.25) is 10.2 Å². The number of rotatable bonds is 4. The van der Waals surface area contributed by atoms with Crippen molar-refractivity contribution in [3.8, 4) is 0 Å². The van der Waals surface area contributed by atoms with Crippen molar-refractivity contribution in [1.82, 2.24) is 0 Å². The third kappa shape index (κ3) is 3.21. The highest BCUT2D eigenvalue weighted by Crippen LogP contribution is 2.29. The summed E-state index contributed by atoms with van der Waals surface area (Å²) in [5.74, 6) is -0.126. The molecular weight excluding hydrogens is 346 g/mol. The van der Waals surface area contributed by atoms with Gasteiger partial charge in [0.05, 0.1) is 23.0 Å². The maximum Gasteiger partial charge on any atom is 0.229 e. The Hall–Kier alpha value is -2.70. The van der Waals surface area contributed by atoms with E-state index in [0.29, 0.717) is 30.3 Å². The second-order valence-corrected chi connectivity index (χ2v) is 7.50. The molecule has 26 heavy (non-hydrogen) atoms. The van der Waals surface area contributed by atoms with Crippen molar-refractivity contribution in [3.63, 3.8) is 0 Å². The molecule has 4 rings (SSSR count). The molecular formula is C20H20N3O2S+. The molecule has 2 aromatic carbocycles. The predicted octanol–water partition coefficient (Wildman–Crippen LogP) is 2.06. The zero-order valence-corrected chi connectivity index (χ0v) is 15.0. The Labute approximate surface area is 155 Å². The first-order chi connectivity index (χ1) is 12.6. The lowest BCUT2D eigenvalue weighted by molar-refractivity contribution is -0.119. The topological polar surface area (TPSA) is 89.9 Å². The Morgan fingerprint density at radius 1 is 1.23 bits per heavy atom. The average molecular weight is 366 g/mol. The number of hydrogen-bond donors (Lipinski definition) is 3. The van der Waals surface area contributed by atoms with Crippen LogP contribution in [0.25, 0.3) is 10.1 Å². The molecule has 1 aliphatic rings. The van der Waals surface area contributed by atoms with Gasteiger partial charge >= 0.3 is 0 Å². The summed E-state index contributed by atoms with van der Waals surface area (Å²) in [5.41, 5.74) is 8.77. The monoisotopic (exact) mass is 366 g/mol. The van der Waals surface area contributed by atoms with Crippen molar-refractivity contribution in [2.75, 3.05) is 24.3 Å². The molecule has 0 saturated carbocycles. The molecule has 0 aliphatic carbocycles. The average Bonchev–Trinajstić information content (AvgIpc) is 3.32. The van der Waals surface area contributed by atoms with Crippen LogP contribution >= 0.6 is 11.3 Å². The van der Waals surface area contributed by atoms with E-state index in [1.807, 2.05) is 18.2 Å². The second kappa shape index (κ2) is 6.90. The van der Waals surface area contributed by atoms with Crippen LogP contribution in [0.4, 0.5) is 11.4 Å². The highest BCUT2D eigenvalue weighted by Gasteiger charge is 2.24. The van der Waals surface area contributed by atoms with Gasteiger partial charge in [0, 0.05) is 22.7 Å². The Bertz CT molecular complexity index is 957. The maximum absolute atomic E-state index is 12.3. The van der Waals surface area contributed by atoms with Crippen LogP contribution in [0.5, 0.6) is 0 Å². The molecule has 1 aliphatic heterocycles. The summed E-state index contributed by atoms with van der Waals surface area (Å²) in [4.78, 5) is 13.3. The van der Waals surface area contributed by atoms with Crippen LogP contribution in [0.3, 0.4) is 0 Å². The standard InChI is InChI=1S/C20H19N3O2S/c21-16-6-5-14(23-20(24)13-7-8-25-11-13)10-15(16)19(22)18-9-12-3-1-2-4-17(12)26-18/h1-6,9-10,13,22H,7-8,11,21H2,(H,23,24)/p+1. The van der Waals surface area contributed by atoms with E-state index in [-0.39, 0.29) is 11.8 Å². The molecule has 0 bridgehead atoms. The van der Waals surface area contributed by atoms with Crippen molar-refractivity contribution in [1.29, 1.82) is 0 Å². The molecule has 0 spiro atoms. The fourth-order valence-corrected chi connectivity index (χ4v) is 4.13. The Kier molecular flexibility index (Phi) is 4.44. The van der Waals surface area contributed by atoms with Gasteiger partial charge in [0.25, 0.3) is 0 Å². The first kappa shape index (κ1) is 16.8. The number of ether oxygens (including phenoxy) is 1. The van der Waals surface area contributed by atoms with Crippen molar-refractivity contribution < 1.29 is 14.9 Å². The minimum atomic E-state index is -0.0973. The summed E-state index contributed by atoms with van der Waals surface area (Å²) in [6, 6.07) is 15.6. The minimum absolute atomic E-state index is 0.0290. The number of nitrogen functional groups attached to an aromatic ring is 1. The first-order valence-electron chi connectivity index (χ1n) is 8.51. The number of thiophene rings is 1. The molecule has 3 aromatic rings. The quantitative estimate of drug-likeness (QED) is 0.488. The van der Waals surface area contributed by atoms with Crippen molar-refractivity contribution in [2.45, 2.75) is 6.42 Å². The fourth-order valence-electron chi connectivity index (χ4n) is 3.10. The van der Waals surface area contributed by atoms with E-state index in [4.69, 9.17) is 15.9 Å². The highest BCUT2D eigenvalue weighted by atomic mass is 32.1. The van der Waals surface area contributed by atoms with E-state index >= 15 is 0 Å². The number of hydrogen-bond acceptors (Lipinski definition) is 4. The zero-order valence-electron chi connectivity index (χ0n) is 14.2. The second-order valence-electron chi connectivity index (χ2n) is 6.41. The summed E-state index contributed by atoms with van der Waals surface area (Å²) in [6.45, 7) is 1.11. The van der Waals surface area contributed by atoms with Gasteiger partial charge < -0.3 is 15.8 Å². The molecule has 1 saturated heterocycles. The third-order valence-corrected chi connectivity index (χ3v) is 5.75. The van der Waals surface area contributed by atoms with Crippen LogP contribution in [0, 0.1) is 5.92 Å². The number of nitrogens with two attached hydrogens (primary N) is 2. The lowest BCUT2D eigenvalue weighted by atomic mass is 10.0. The number of anilines is 2. The van der Waals surface area contributed by atoms with E-state index in [2.05, 4.69) is 23.5 Å². The smallest absolute Gasteiger partial charge is 0.229 e. The molecule has 5 N–H and O–H groups in total. The van der Waals surface area contributed by atoms with Crippen molar-refractivity contribution in [3.05, 3.63) is 59.0 Å². The molecule has 6 heteroatoms. The van der Waals surface area contributed by atoms with E-state index in [1.54, 1.807) is 23.5 Å². The molecule has 1 unspecified atom stereocenters. The SMILES string of the molecule is Nc1ccc(NC(=O)C2CCOC2)cc1C(=[NH2+])c1cc2ccccc2s1. The largest absolute Gasteiger partial charge is 0.398 e. The number of carbonyl (C=O) groups excluding carboxylic acids is 1.